The predicted octanol–water partition coefficient (Wildman–Crippen LogP) is 18.3. The lowest BCUT2D eigenvalue weighted by Gasteiger charge is -2.18. The van der Waals surface area contributed by atoms with Crippen LogP contribution in [0.5, 0.6) is 0 Å². The van der Waals surface area contributed by atoms with E-state index in [0.29, 0.717) is 19.4 Å². The zero-order chi connectivity index (χ0) is 44.9. The molecule has 0 radical (unpaired) electrons. The lowest BCUT2D eigenvalue weighted by atomic mass is 10.0. The van der Waals surface area contributed by atoms with E-state index in [1.54, 1.807) is 0 Å². The van der Waals surface area contributed by atoms with Crippen molar-refractivity contribution in [2.45, 2.75) is 284 Å². The van der Waals surface area contributed by atoms with Crippen LogP contribution >= 0.6 is 0 Å². The number of carbonyl (C=O) groups is 2. The second-order valence-electron chi connectivity index (χ2n) is 18.1. The molecule has 0 amide bonds. The molecule has 0 saturated carbocycles. The van der Waals surface area contributed by atoms with Crippen molar-refractivity contribution in [1.29, 1.82) is 0 Å². The highest BCUT2D eigenvalue weighted by Gasteiger charge is 2.17. The van der Waals surface area contributed by atoms with Gasteiger partial charge in [0.2, 0.25) is 0 Å². The summed E-state index contributed by atoms with van der Waals surface area (Å²) >= 11 is 0. The van der Waals surface area contributed by atoms with Crippen LogP contribution < -0.4 is 0 Å². The third-order valence-electron chi connectivity index (χ3n) is 11.8. The normalized spacial score (nSPS) is 12.5. The first-order valence-corrected chi connectivity index (χ1v) is 27.2. The molecule has 5 nitrogen and oxygen atoms in total. The molecule has 0 N–H and O–H groups in total. The Kier molecular flexibility index (Phi) is 51.4. The zero-order valence-electron chi connectivity index (χ0n) is 41.6. The van der Waals surface area contributed by atoms with Gasteiger partial charge < -0.3 is 14.2 Å². The summed E-state index contributed by atoms with van der Waals surface area (Å²) in [5.74, 6) is -0.400. The van der Waals surface area contributed by atoms with Gasteiger partial charge in [0.25, 0.3) is 0 Å². The molecule has 1 atom stereocenters. The van der Waals surface area contributed by atoms with Crippen LogP contribution in [0.3, 0.4) is 0 Å². The summed E-state index contributed by atoms with van der Waals surface area (Å²) in [6.07, 6.45) is 65.5. The molecule has 5 heteroatoms. The van der Waals surface area contributed by atoms with Gasteiger partial charge in [0.15, 0.2) is 6.10 Å². The van der Waals surface area contributed by atoms with Crippen molar-refractivity contribution in [1.82, 2.24) is 0 Å². The first kappa shape index (κ1) is 59.9. The lowest BCUT2D eigenvalue weighted by Crippen LogP contribution is -2.30. The molecule has 0 aliphatic rings. The minimum atomic E-state index is -0.545. The summed E-state index contributed by atoms with van der Waals surface area (Å²) in [6, 6.07) is 0. The van der Waals surface area contributed by atoms with Crippen LogP contribution in [0.2, 0.25) is 0 Å². The Labute approximate surface area is 386 Å². The quantitative estimate of drug-likeness (QED) is 0.0346. The average molecular weight is 869 g/mol. The number of ether oxygens (including phenoxy) is 3. The minimum absolute atomic E-state index is 0.0784. The lowest BCUT2D eigenvalue weighted by molar-refractivity contribution is -0.163. The molecule has 0 fully saturated rings. The number of carbonyl (C=O) groups excluding carboxylic acids is 2. The van der Waals surface area contributed by atoms with E-state index in [1.807, 2.05) is 0 Å². The van der Waals surface area contributed by atoms with Gasteiger partial charge in [-0.1, -0.05) is 236 Å². The summed E-state index contributed by atoms with van der Waals surface area (Å²) in [5, 5.41) is 0. The standard InChI is InChI=1S/C57H104O5/c1-4-7-10-13-16-19-22-25-27-28-29-30-31-33-35-38-41-44-47-50-56(58)61-54-55(53-60-52-49-46-43-40-37-34-26-23-20-17-14-11-8-5-2)62-57(59)51-48-45-42-39-36-32-24-21-18-15-12-9-6-3/h8,11,17,20,25-27,34,55H,4-7,9-10,12-16,18-19,21-24,28-33,35-54H2,1-3H3/b11-8-,20-17-,27-25-,34-26-. The molecule has 0 saturated heterocycles. The van der Waals surface area contributed by atoms with Crippen LogP contribution in [0.25, 0.3) is 0 Å². The van der Waals surface area contributed by atoms with Crippen LogP contribution in [0.15, 0.2) is 48.6 Å². The first-order valence-electron chi connectivity index (χ1n) is 27.2. The number of unbranched alkanes of at least 4 members (excludes halogenated alkanes) is 31. The maximum atomic E-state index is 12.8. The van der Waals surface area contributed by atoms with E-state index in [0.717, 1.165) is 64.2 Å². The molecule has 0 heterocycles. The van der Waals surface area contributed by atoms with Gasteiger partial charge in [-0.15, -0.1) is 0 Å². The number of allylic oxidation sites excluding steroid dienone is 8. The highest BCUT2D eigenvalue weighted by atomic mass is 16.6. The zero-order valence-corrected chi connectivity index (χ0v) is 41.6. The third-order valence-corrected chi connectivity index (χ3v) is 11.8. The Balaban J connectivity index is 4.23. The summed E-state index contributed by atoms with van der Waals surface area (Å²) in [4.78, 5) is 25.4. The molecule has 0 aromatic heterocycles. The Morgan fingerprint density at radius 2 is 0.726 bits per heavy atom. The van der Waals surface area contributed by atoms with Gasteiger partial charge in [-0.05, 0) is 77.0 Å². The largest absolute Gasteiger partial charge is 0.462 e. The molecule has 0 rings (SSSR count). The van der Waals surface area contributed by atoms with Crippen molar-refractivity contribution >= 4 is 11.9 Å². The van der Waals surface area contributed by atoms with Crippen LogP contribution in [0.1, 0.15) is 278 Å². The second-order valence-corrected chi connectivity index (χ2v) is 18.1. The molecule has 62 heavy (non-hydrogen) atoms. The van der Waals surface area contributed by atoms with Crippen molar-refractivity contribution in [3.63, 3.8) is 0 Å². The van der Waals surface area contributed by atoms with E-state index >= 15 is 0 Å². The van der Waals surface area contributed by atoms with Crippen molar-refractivity contribution in [2.75, 3.05) is 19.8 Å². The van der Waals surface area contributed by atoms with E-state index in [4.69, 9.17) is 14.2 Å². The highest BCUT2D eigenvalue weighted by molar-refractivity contribution is 5.70. The molecule has 0 spiro atoms. The van der Waals surface area contributed by atoms with Crippen LogP contribution in [0, 0.1) is 0 Å². The van der Waals surface area contributed by atoms with Gasteiger partial charge in [0.05, 0.1) is 6.61 Å². The van der Waals surface area contributed by atoms with Gasteiger partial charge in [-0.25, -0.2) is 0 Å². The van der Waals surface area contributed by atoms with Crippen LogP contribution in [-0.2, 0) is 23.8 Å². The van der Waals surface area contributed by atoms with Crippen molar-refractivity contribution in [3.05, 3.63) is 48.6 Å². The fourth-order valence-corrected chi connectivity index (χ4v) is 7.81. The summed E-state index contributed by atoms with van der Waals surface area (Å²) < 4.78 is 17.4. The van der Waals surface area contributed by atoms with Gasteiger partial charge in [-0.2, -0.15) is 0 Å². The molecule has 0 aliphatic carbocycles. The molecular formula is C57H104O5. The maximum Gasteiger partial charge on any atom is 0.306 e. The summed E-state index contributed by atoms with van der Waals surface area (Å²) in [7, 11) is 0. The third kappa shape index (κ3) is 50.5. The van der Waals surface area contributed by atoms with E-state index in [1.165, 1.54) is 180 Å². The van der Waals surface area contributed by atoms with Crippen molar-refractivity contribution < 1.29 is 23.8 Å². The van der Waals surface area contributed by atoms with E-state index < -0.39 is 6.10 Å². The molecule has 0 bridgehead atoms. The molecule has 0 aliphatic heterocycles. The predicted molar refractivity (Wildman–Crippen MR) is 270 cm³/mol. The SMILES string of the molecule is CC/C=C\C/C=C\C/C=C\CCCCCCOCC(COC(=O)CCCCCCCCCCC/C=C\CCCCCCCC)OC(=O)CCCCCCCCCCCCCCC. The average Bonchev–Trinajstić information content (AvgIpc) is 3.27. The number of rotatable bonds is 50. The van der Waals surface area contributed by atoms with E-state index in [9.17, 15) is 9.59 Å². The Bertz CT molecular complexity index is 1030. The minimum Gasteiger partial charge on any atom is -0.462 e. The molecule has 0 aromatic rings. The van der Waals surface area contributed by atoms with Gasteiger partial charge in [0.1, 0.15) is 6.61 Å². The van der Waals surface area contributed by atoms with Gasteiger partial charge in [-0.3, -0.25) is 9.59 Å². The highest BCUT2D eigenvalue weighted by Crippen LogP contribution is 2.15. The second kappa shape index (κ2) is 53.2. The van der Waals surface area contributed by atoms with Crippen LogP contribution in [-0.4, -0.2) is 37.9 Å². The smallest absolute Gasteiger partial charge is 0.306 e. The molecular weight excluding hydrogens is 765 g/mol. The first-order chi connectivity index (χ1) is 30.6. The number of hydrogen-bond acceptors (Lipinski definition) is 5. The van der Waals surface area contributed by atoms with Gasteiger partial charge in [0, 0.05) is 19.4 Å². The topological polar surface area (TPSA) is 61.8 Å². The maximum absolute atomic E-state index is 12.8. The van der Waals surface area contributed by atoms with Crippen molar-refractivity contribution in [3.8, 4) is 0 Å². The van der Waals surface area contributed by atoms with E-state index in [-0.39, 0.29) is 25.2 Å². The summed E-state index contributed by atoms with van der Waals surface area (Å²) in [6.45, 7) is 7.70. The molecule has 1 unspecified atom stereocenters. The van der Waals surface area contributed by atoms with E-state index in [2.05, 4.69) is 69.4 Å². The number of hydrogen-bond donors (Lipinski definition) is 0. The Morgan fingerprint density at radius 3 is 1.18 bits per heavy atom. The Hall–Kier alpha value is -2.14. The van der Waals surface area contributed by atoms with Crippen molar-refractivity contribution in [2.24, 2.45) is 0 Å². The molecule has 0 aromatic carbocycles. The fraction of sp³-hybridized carbons (Fsp3) is 0.825. The van der Waals surface area contributed by atoms with Gasteiger partial charge >= 0.3 is 11.9 Å². The Morgan fingerprint density at radius 1 is 0.371 bits per heavy atom. The number of esters is 2. The van der Waals surface area contributed by atoms with Crippen LogP contribution in [0.4, 0.5) is 0 Å². The fourth-order valence-electron chi connectivity index (χ4n) is 7.81. The summed E-state index contributed by atoms with van der Waals surface area (Å²) in [5.41, 5.74) is 0. The monoisotopic (exact) mass is 869 g/mol. The molecule has 362 valence electrons.